The molecule has 2 rings (SSSR count). The maximum absolute atomic E-state index is 3.66. The maximum atomic E-state index is 3.66. The van der Waals surface area contributed by atoms with E-state index in [4.69, 9.17) is 0 Å². The summed E-state index contributed by atoms with van der Waals surface area (Å²) in [5, 5.41) is 3.66. The van der Waals surface area contributed by atoms with E-state index in [1.165, 1.54) is 22.5 Å². The molecule has 0 unspecified atom stereocenters. The largest absolute Gasteiger partial charge is 0.377 e. The van der Waals surface area contributed by atoms with Crippen LogP contribution < -0.4 is 5.32 Å². The van der Waals surface area contributed by atoms with Crippen molar-refractivity contribution in [2.45, 2.75) is 32.7 Å². The van der Waals surface area contributed by atoms with Crippen molar-refractivity contribution in [1.82, 2.24) is 4.90 Å². The first-order valence-electron chi connectivity index (χ1n) is 7.53. The van der Waals surface area contributed by atoms with Gasteiger partial charge in [0.2, 0.25) is 0 Å². The Labute approximate surface area is 128 Å². The van der Waals surface area contributed by atoms with Crippen molar-refractivity contribution in [2.24, 2.45) is 0 Å². The van der Waals surface area contributed by atoms with Crippen LogP contribution in [0.4, 0.5) is 5.69 Å². The minimum absolute atomic E-state index is 0.0598. The number of hydrogen-bond acceptors (Lipinski definition) is 2. The predicted molar refractivity (Wildman–Crippen MR) is 93.3 cm³/mol. The first-order chi connectivity index (χ1) is 9.94. The summed E-state index contributed by atoms with van der Waals surface area (Å²) in [4.78, 5) is 2.19. The molecule has 0 bridgehead atoms. The van der Waals surface area contributed by atoms with Crippen molar-refractivity contribution in [3.8, 4) is 0 Å². The zero-order valence-electron chi connectivity index (χ0n) is 13.8. The molecule has 1 aromatic carbocycles. The van der Waals surface area contributed by atoms with Crippen molar-refractivity contribution >= 4 is 11.3 Å². The summed E-state index contributed by atoms with van der Waals surface area (Å²) in [7, 11) is 4.20. The van der Waals surface area contributed by atoms with Crippen LogP contribution in [-0.4, -0.2) is 24.5 Å². The van der Waals surface area contributed by atoms with Crippen LogP contribution in [0.25, 0.3) is 5.57 Å². The van der Waals surface area contributed by atoms with Gasteiger partial charge in [-0.2, -0.15) is 0 Å². The minimum atomic E-state index is -0.0598. The summed E-state index contributed by atoms with van der Waals surface area (Å²) in [5.74, 6) is 0. The third-order valence-corrected chi connectivity index (χ3v) is 3.68. The molecule has 1 aliphatic carbocycles. The van der Waals surface area contributed by atoms with Gasteiger partial charge in [0.15, 0.2) is 0 Å². The van der Waals surface area contributed by atoms with Gasteiger partial charge in [0.05, 0.1) is 0 Å². The quantitative estimate of drug-likeness (QED) is 0.788. The molecule has 0 spiro atoms. The number of anilines is 1. The third kappa shape index (κ3) is 3.57. The van der Waals surface area contributed by atoms with Gasteiger partial charge < -0.3 is 10.2 Å². The monoisotopic (exact) mass is 282 g/mol. The molecular formula is C19H26N2. The van der Waals surface area contributed by atoms with Crippen LogP contribution in [0.3, 0.4) is 0 Å². The van der Waals surface area contributed by atoms with Crippen molar-refractivity contribution in [3.05, 3.63) is 59.8 Å². The summed E-state index contributed by atoms with van der Waals surface area (Å²) >= 11 is 0. The van der Waals surface area contributed by atoms with Gasteiger partial charge >= 0.3 is 0 Å². The highest BCUT2D eigenvalue weighted by Crippen LogP contribution is 2.35. The lowest BCUT2D eigenvalue weighted by Gasteiger charge is -2.26. The molecule has 0 saturated carbocycles. The molecule has 21 heavy (non-hydrogen) atoms. The molecule has 2 heteroatoms. The normalized spacial score (nSPS) is 15.1. The lowest BCUT2D eigenvalue weighted by molar-refractivity contribution is 0.533. The number of nitrogens with one attached hydrogen (secondary N) is 1. The van der Waals surface area contributed by atoms with Crippen molar-refractivity contribution in [2.75, 3.05) is 19.4 Å². The van der Waals surface area contributed by atoms with Crippen molar-refractivity contribution in [1.29, 1.82) is 0 Å². The van der Waals surface area contributed by atoms with E-state index in [0.717, 1.165) is 6.42 Å². The molecule has 0 atom stereocenters. The van der Waals surface area contributed by atoms with Crippen LogP contribution in [-0.2, 0) is 0 Å². The van der Waals surface area contributed by atoms with Crippen LogP contribution in [0.15, 0.2) is 54.3 Å². The topological polar surface area (TPSA) is 15.3 Å². The van der Waals surface area contributed by atoms with E-state index in [1.54, 1.807) is 0 Å². The Balaban J connectivity index is 2.41. The van der Waals surface area contributed by atoms with Gasteiger partial charge in [0.25, 0.3) is 0 Å². The lowest BCUT2D eigenvalue weighted by Crippen LogP contribution is -2.28. The highest BCUT2D eigenvalue weighted by molar-refractivity contribution is 5.82. The molecule has 2 nitrogen and oxygen atoms in total. The molecule has 0 aliphatic heterocycles. The van der Waals surface area contributed by atoms with Crippen LogP contribution in [0.1, 0.15) is 32.8 Å². The minimum Gasteiger partial charge on any atom is -0.377 e. The van der Waals surface area contributed by atoms with Gasteiger partial charge in [0.1, 0.15) is 0 Å². The van der Waals surface area contributed by atoms with Gasteiger partial charge in [-0.1, -0.05) is 36.4 Å². The standard InChI is InChI=1S/C19H26N2/c1-6-14-19(2,3)20-17-12-8-7-10-15(17)16-11-9-13-18(16)21(4)5/h6-10,12-14,20H,11H2,1-5H3. The molecular weight excluding hydrogens is 256 g/mol. The van der Waals surface area contributed by atoms with E-state index >= 15 is 0 Å². The summed E-state index contributed by atoms with van der Waals surface area (Å²) in [5.41, 5.74) is 5.12. The number of para-hydroxylation sites is 1. The molecule has 0 heterocycles. The zero-order valence-corrected chi connectivity index (χ0v) is 13.8. The number of nitrogens with zero attached hydrogens (tertiary/aromatic N) is 1. The SMILES string of the molecule is CC=CC(C)(C)Nc1ccccc1C1=C(N(C)C)C=CC1. The van der Waals surface area contributed by atoms with Crippen LogP contribution in [0.2, 0.25) is 0 Å². The third-order valence-electron chi connectivity index (χ3n) is 3.68. The van der Waals surface area contributed by atoms with Crippen molar-refractivity contribution in [3.63, 3.8) is 0 Å². The number of allylic oxidation sites excluding steroid dienone is 4. The second-order valence-corrected chi connectivity index (χ2v) is 6.26. The average molecular weight is 282 g/mol. The summed E-state index contributed by atoms with van der Waals surface area (Å²) < 4.78 is 0. The fraction of sp³-hybridized carbons (Fsp3) is 0.368. The maximum Gasteiger partial charge on any atom is 0.0500 e. The van der Waals surface area contributed by atoms with Crippen LogP contribution in [0.5, 0.6) is 0 Å². The smallest absolute Gasteiger partial charge is 0.0500 e. The molecule has 0 radical (unpaired) electrons. The molecule has 1 aliphatic rings. The van der Waals surface area contributed by atoms with Gasteiger partial charge in [-0.25, -0.2) is 0 Å². The van der Waals surface area contributed by atoms with E-state index in [1.807, 2.05) is 0 Å². The lowest BCUT2D eigenvalue weighted by atomic mass is 9.98. The second-order valence-electron chi connectivity index (χ2n) is 6.26. The number of hydrogen-bond donors (Lipinski definition) is 1. The average Bonchev–Trinajstić information content (AvgIpc) is 2.88. The highest BCUT2D eigenvalue weighted by Gasteiger charge is 2.19. The van der Waals surface area contributed by atoms with Gasteiger partial charge in [-0.05, 0) is 44.9 Å². The summed E-state index contributed by atoms with van der Waals surface area (Å²) in [6, 6.07) is 8.58. The highest BCUT2D eigenvalue weighted by atomic mass is 15.1. The molecule has 112 valence electrons. The molecule has 1 aromatic rings. The van der Waals surface area contributed by atoms with Gasteiger partial charge in [-0.15, -0.1) is 0 Å². The Morgan fingerprint density at radius 1 is 1.19 bits per heavy atom. The Kier molecular flexibility index (Phi) is 4.56. The number of rotatable bonds is 5. The van der Waals surface area contributed by atoms with E-state index < -0.39 is 0 Å². The number of likely N-dealkylation sites (N-methyl/N-ethyl adjacent to an activating group) is 1. The fourth-order valence-electron chi connectivity index (χ4n) is 2.82. The molecule has 1 N–H and O–H groups in total. The molecule has 0 fully saturated rings. The van der Waals surface area contributed by atoms with Crippen molar-refractivity contribution < 1.29 is 0 Å². The van der Waals surface area contributed by atoms with Crippen LogP contribution in [0, 0.1) is 0 Å². The van der Waals surface area contributed by atoms with E-state index in [2.05, 4.69) is 93.7 Å². The van der Waals surface area contributed by atoms with Crippen LogP contribution >= 0.6 is 0 Å². The Morgan fingerprint density at radius 3 is 2.57 bits per heavy atom. The Hall–Kier alpha value is -1.96. The summed E-state index contributed by atoms with van der Waals surface area (Å²) in [6.45, 7) is 6.44. The first kappa shape index (κ1) is 15.4. The van der Waals surface area contributed by atoms with E-state index in [-0.39, 0.29) is 5.54 Å². The van der Waals surface area contributed by atoms with Gasteiger partial charge in [-0.3, -0.25) is 0 Å². The Bertz CT molecular complexity index is 589. The Morgan fingerprint density at radius 2 is 1.90 bits per heavy atom. The molecule has 0 aromatic heterocycles. The van der Waals surface area contributed by atoms with E-state index in [9.17, 15) is 0 Å². The first-order valence-corrected chi connectivity index (χ1v) is 7.53. The second kappa shape index (κ2) is 6.21. The fourth-order valence-corrected chi connectivity index (χ4v) is 2.82. The number of benzene rings is 1. The predicted octanol–water partition coefficient (Wildman–Crippen LogP) is 4.69. The van der Waals surface area contributed by atoms with Gasteiger partial charge in [0, 0.05) is 36.6 Å². The molecule has 0 amide bonds. The zero-order chi connectivity index (χ0) is 15.5. The summed E-state index contributed by atoms with van der Waals surface area (Å²) in [6.07, 6.45) is 9.73. The van der Waals surface area contributed by atoms with E-state index in [0.29, 0.717) is 0 Å². The molecule has 0 saturated heterocycles.